The lowest BCUT2D eigenvalue weighted by molar-refractivity contribution is -0.150. The zero-order chi connectivity index (χ0) is 19.7. The molecule has 1 N–H and O–H groups in total. The molecule has 6 nitrogen and oxygen atoms in total. The molecule has 2 aliphatic heterocycles. The number of carbonyl (C=O) groups excluding carboxylic acids is 2. The number of likely N-dealkylation sites (tertiary alicyclic amines) is 1. The van der Waals surface area contributed by atoms with Crippen molar-refractivity contribution >= 4 is 23.4 Å². The molecule has 28 heavy (non-hydrogen) atoms. The van der Waals surface area contributed by atoms with Gasteiger partial charge in [0, 0.05) is 23.7 Å². The number of ether oxygens (including phenoxy) is 2. The van der Waals surface area contributed by atoms with Gasteiger partial charge in [0.1, 0.15) is 18.5 Å². The molecule has 2 atom stereocenters. The van der Waals surface area contributed by atoms with Crippen molar-refractivity contribution in [1.29, 1.82) is 0 Å². The lowest BCUT2D eigenvalue weighted by Crippen LogP contribution is -2.67. The number of hydrogen-bond donors (Lipinski definition) is 1. The fourth-order valence-electron chi connectivity index (χ4n) is 4.03. The smallest absolute Gasteiger partial charge is 0.254 e. The fraction of sp³-hybridized carbons (Fsp3) is 0.333. The molecule has 2 amide bonds. The number of piperidine rings is 1. The van der Waals surface area contributed by atoms with Crippen LogP contribution in [0.1, 0.15) is 22.3 Å². The fourth-order valence-corrected chi connectivity index (χ4v) is 4.25. The molecule has 2 aromatic rings. The minimum Gasteiger partial charge on any atom is -0.497 e. The Kier molecular flexibility index (Phi) is 5.00. The largest absolute Gasteiger partial charge is 0.497 e. The molecule has 0 aliphatic carbocycles. The highest BCUT2D eigenvalue weighted by atomic mass is 35.5. The monoisotopic (exact) mass is 400 g/mol. The van der Waals surface area contributed by atoms with Gasteiger partial charge in [-0.2, -0.15) is 0 Å². The van der Waals surface area contributed by atoms with E-state index in [4.69, 9.17) is 21.1 Å². The first kappa shape index (κ1) is 18.8. The number of morpholine rings is 1. The number of halogens is 1. The van der Waals surface area contributed by atoms with Gasteiger partial charge >= 0.3 is 0 Å². The van der Waals surface area contributed by atoms with E-state index in [1.807, 2.05) is 30.3 Å². The lowest BCUT2D eigenvalue weighted by Gasteiger charge is -2.50. The molecule has 4 rings (SSSR count). The van der Waals surface area contributed by atoms with Gasteiger partial charge in [-0.05, 0) is 30.2 Å². The third kappa shape index (κ3) is 3.34. The topological polar surface area (TPSA) is 67.9 Å². The van der Waals surface area contributed by atoms with Crippen molar-refractivity contribution in [1.82, 2.24) is 10.2 Å². The van der Waals surface area contributed by atoms with Crippen molar-refractivity contribution in [2.45, 2.75) is 18.1 Å². The summed E-state index contributed by atoms with van der Waals surface area (Å²) in [6, 6.07) is 14.8. The quantitative estimate of drug-likeness (QED) is 0.860. The van der Waals surface area contributed by atoms with Crippen LogP contribution in [0.3, 0.4) is 0 Å². The van der Waals surface area contributed by atoms with Crippen LogP contribution in [-0.2, 0) is 15.1 Å². The third-order valence-corrected chi connectivity index (χ3v) is 5.64. The molecule has 0 saturated carbocycles. The summed E-state index contributed by atoms with van der Waals surface area (Å²) in [4.78, 5) is 26.9. The molecule has 146 valence electrons. The van der Waals surface area contributed by atoms with E-state index >= 15 is 0 Å². The molecule has 0 aromatic heterocycles. The second kappa shape index (κ2) is 7.45. The standard InChI is InChI=1S/C21H21ClN2O4/c1-27-17-10-14(9-16(22)11-17)20(26)24-8-7-21(15-5-3-2-4-6-15)18(12-24)28-13-19(25)23-21/h2-6,9-11,18H,7-8,12-13H2,1H3,(H,23,25)/t18-,21+/m1/s1. The second-order valence-electron chi connectivity index (χ2n) is 7.07. The lowest BCUT2D eigenvalue weighted by atomic mass is 9.77. The van der Waals surface area contributed by atoms with Crippen molar-refractivity contribution < 1.29 is 19.1 Å². The first-order valence-electron chi connectivity index (χ1n) is 9.14. The second-order valence-corrected chi connectivity index (χ2v) is 7.50. The van der Waals surface area contributed by atoms with Crippen LogP contribution in [0.5, 0.6) is 5.75 Å². The summed E-state index contributed by atoms with van der Waals surface area (Å²) in [5.74, 6) is 0.259. The molecule has 2 heterocycles. The number of methoxy groups -OCH3 is 1. The zero-order valence-corrected chi connectivity index (χ0v) is 16.2. The van der Waals surface area contributed by atoms with E-state index in [1.165, 1.54) is 7.11 Å². The Hall–Kier alpha value is -2.57. The highest BCUT2D eigenvalue weighted by Gasteiger charge is 2.49. The molecule has 0 radical (unpaired) electrons. The summed E-state index contributed by atoms with van der Waals surface area (Å²) >= 11 is 6.12. The number of rotatable bonds is 3. The number of carbonyl (C=O) groups is 2. The maximum absolute atomic E-state index is 13.1. The predicted molar refractivity (Wildman–Crippen MR) is 105 cm³/mol. The van der Waals surface area contributed by atoms with Crippen LogP contribution in [-0.4, -0.2) is 49.6 Å². The van der Waals surface area contributed by atoms with Crippen molar-refractivity contribution in [2.24, 2.45) is 0 Å². The first-order chi connectivity index (χ1) is 13.5. The van der Waals surface area contributed by atoms with Crippen molar-refractivity contribution in [3.63, 3.8) is 0 Å². The molecular formula is C21H21ClN2O4. The summed E-state index contributed by atoms with van der Waals surface area (Å²) in [6.45, 7) is 0.859. The van der Waals surface area contributed by atoms with Gasteiger partial charge in [-0.25, -0.2) is 0 Å². The number of fused-ring (bicyclic) bond motifs is 1. The molecular weight excluding hydrogens is 380 g/mol. The van der Waals surface area contributed by atoms with E-state index in [-0.39, 0.29) is 24.5 Å². The van der Waals surface area contributed by atoms with Gasteiger partial charge in [-0.1, -0.05) is 41.9 Å². The highest BCUT2D eigenvalue weighted by molar-refractivity contribution is 6.31. The molecule has 2 aromatic carbocycles. The predicted octanol–water partition coefficient (Wildman–Crippen LogP) is 2.61. The Morgan fingerprint density at radius 2 is 2.07 bits per heavy atom. The minimum atomic E-state index is -0.626. The molecule has 0 spiro atoms. The number of nitrogens with one attached hydrogen (secondary N) is 1. The number of benzene rings is 2. The maximum Gasteiger partial charge on any atom is 0.254 e. The summed E-state index contributed by atoms with van der Waals surface area (Å²) in [5.41, 5.74) is 0.834. The van der Waals surface area contributed by atoms with E-state index in [0.29, 0.717) is 35.8 Å². The Labute approximate surface area is 168 Å². The Bertz CT molecular complexity index is 905. The highest BCUT2D eigenvalue weighted by Crippen LogP contribution is 2.37. The average molecular weight is 401 g/mol. The van der Waals surface area contributed by atoms with Crippen LogP contribution in [0.4, 0.5) is 0 Å². The van der Waals surface area contributed by atoms with E-state index in [0.717, 1.165) is 5.56 Å². The van der Waals surface area contributed by atoms with Gasteiger partial charge in [0.25, 0.3) is 5.91 Å². The Balaban J connectivity index is 1.61. The SMILES string of the molecule is COc1cc(Cl)cc(C(=O)N2CC[C@@]3(c4ccccc4)NC(=O)CO[C@@H]3C2)c1. The van der Waals surface area contributed by atoms with Crippen LogP contribution >= 0.6 is 11.6 Å². The van der Waals surface area contributed by atoms with E-state index in [1.54, 1.807) is 23.1 Å². The van der Waals surface area contributed by atoms with E-state index in [9.17, 15) is 9.59 Å². The van der Waals surface area contributed by atoms with Crippen LogP contribution < -0.4 is 10.1 Å². The molecule has 0 unspecified atom stereocenters. The Morgan fingerprint density at radius 3 is 2.82 bits per heavy atom. The van der Waals surface area contributed by atoms with E-state index < -0.39 is 5.54 Å². The van der Waals surface area contributed by atoms with Crippen molar-refractivity contribution in [2.75, 3.05) is 26.8 Å². The summed E-state index contributed by atoms with van der Waals surface area (Å²) in [7, 11) is 1.54. The summed E-state index contributed by atoms with van der Waals surface area (Å²) in [5, 5.41) is 3.58. The molecule has 7 heteroatoms. The molecule has 2 aliphatic rings. The normalized spacial score (nSPS) is 24.3. The van der Waals surface area contributed by atoms with Gasteiger partial charge in [-0.3, -0.25) is 9.59 Å². The van der Waals surface area contributed by atoms with Gasteiger partial charge in [0.15, 0.2) is 0 Å². The van der Waals surface area contributed by atoms with Gasteiger partial charge in [-0.15, -0.1) is 0 Å². The van der Waals surface area contributed by atoms with Crippen molar-refractivity contribution in [3.8, 4) is 5.75 Å². The molecule has 0 bridgehead atoms. The van der Waals surface area contributed by atoms with Gasteiger partial charge in [0.05, 0.1) is 12.6 Å². The Morgan fingerprint density at radius 1 is 1.29 bits per heavy atom. The number of nitrogens with zero attached hydrogens (tertiary/aromatic N) is 1. The molecule has 2 fully saturated rings. The first-order valence-corrected chi connectivity index (χ1v) is 9.51. The molecule has 2 saturated heterocycles. The van der Waals surface area contributed by atoms with Crippen LogP contribution in [0, 0.1) is 0 Å². The van der Waals surface area contributed by atoms with Crippen LogP contribution in [0.15, 0.2) is 48.5 Å². The number of amides is 2. The van der Waals surface area contributed by atoms with E-state index in [2.05, 4.69) is 5.32 Å². The summed E-state index contributed by atoms with van der Waals surface area (Å²) < 4.78 is 11.1. The van der Waals surface area contributed by atoms with Gasteiger partial charge < -0.3 is 19.7 Å². The van der Waals surface area contributed by atoms with Crippen LogP contribution in [0.2, 0.25) is 5.02 Å². The zero-order valence-electron chi connectivity index (χ0n) is 15.5. The third-order valence-electron chi connectivity index (χ3n) is 5.42. The van der Waals surface area contributed by atoms with Crippen LogP contribution in [0.25, 0.3) is 0 Å². The summed E-state index contributed by atoms with van der Waals surface area (Å²) in [6.07, 6.45) is 0.239. The number of hydrogen-bond acceptors (Lipinski definition) is 4. The maximum atomic E-state index is 13.1. The van der Waals surface area contributed by atoms with Gasteiger partial charge in [0.2, 0.25) is 5.91 Å². The average Bonchev–Trinajstić information content (AvgIpc) is 2.72. The van der Waals surface area contributed by atoms with Crippen molar-refractivity contribution in [3.05, 3.63) is 64.7 Å². The minimum absolute atomic E-state index is 0.00767.